The number of rotatable bonds is 3. The van der Waals surface area contributed by atoms with Crippen LogP contribution in [0.5, 0.6) is 0 Å². The van der Waals surface area contributed by atoms with Crippen molar-refractivity contribution < 1.29 is 9.53 Å². The number of esters is 1. The molecule has 0 radical (unpaired) electrons. The Morgan fingerprint density at radius 3 is 3.15 bits per heavy atom. The van der Waals surface area contributed by atoms with Gasteiger partial charge in [0.15, 0.2) is 0 Å². The highest BCUT2D eigenvalue weighted by Crippen LogP contribution is 2.44. The standard InChI is InChI=1S/C11H14O2/c1-2-11(12)13-7-8-3-4-9-6-10(9)5-8/h3-5,9-10H,2,6-7H2,1H3. The first-order chi connectivity index (χ1) is 6.29. The first kappa shape index (κ1) is 8.54. The lowest BCUT2D eigenvalue weighted by molar-refractivity contribution is -0.142. The van der Waals surface area contributed by atoms with Gasteiger partial charge in [-0.2, -0.15) is 0 Å². The second-order valence-electron chi connectivity index (χ2n) is 3.68. The summed E-state index contributed by atoms with van der Waals surface area (Å²) in [5.74, 6) is 1.40. The predicted molar refractivity (Wildman–Crippen MR) is 50.1 cm³/mol. The summed E-state index contributed by atoms with van der Waals surface area (Å²) < 4.78 is 5.04. The highest BCUT2D eigenvalue weighted by Gasteiger charge is 2.34. The Bertz CT molecular complexity index is 276. The number of hydrogen-bond acceptors (Lipinski definition) is 2. The van der Waals surface area contributed by atoms with Gasteiger partial charge in [-0.25, -0.2) is 0 Å². The lowest BCUT2D eigenvalue weighted by atomic mass is 10.1. The molecule has 0 aliphatic heterocycles. The van der Waals surface area contributed by atoms with Crippen LogP contribution in [0, 0.1) is 11.8 Å². The van der Waals surface area contributed by atoms with Crippen molar-refractivity contribution in [1.82, 2.24) is 0 Å². The molecule has 0 amide bonds. The molecule has 0 saturated heterocycles. The molecular weight excluding hydrogens is 164 g/mol. The zero-order valence-corrected chi connectivity index (χ0v) is 7.82. The van der Waals surface area contributed by atoms with Crippen LogP contribution in [0.25, 0.3) is 0 Å². The molecule has 1 fully saturated rings. The van der Waals surface area contributed by atoms with E-state index >= 15 is 0 Å². The van der Waals surface area contributed by atoms with Crippen LogP contribution in [-0.4, -0.2) is 12.6 Å². The maximum Gasteiger partial charge on any atom is 0.305 e. The third-order valence-corrected chi connectivity index (χ3v) is 2.57. The van der Waals surface area contributed by atoms with Gasteiger partial charge in [-0.15, -0.1) is 0 Å². The van der Waals surface area contributed by atoms with Crippen molar-refractivity contribution in [3.63, 3.8) is 0 Å². The van der Waals surface area contributed by atoms with Gasteiger partial charge in [0, 0.05) is 6.42 Å². The van der Waals surface area contributed by atoms with Gasteiger partial charge < -0.3 is 4.74 Å². The molecule has 0 heterocycles. The summed E-state index contributed by atoms with van der Waals surface area (Å²) in [6.07, 6.45) is 8.27. The fourth-order valence-corrected chi connectivity index (χ4v) is 1.59. The van der Waals surface area contributed by atoms with Gasteiger partial charge in [-0.3, -0.25) is 4.79 Å². The minimum atomic E-state index is -0.118. The zero-order chi connectivity index (χ0) is 9.26. The van der Waals surface area contributed by atoms with Crippen LogP contribution in [-0.2, 0) is 9.53 Å². The number of ether oxygens (including phenoxy) is 1. The maximum atomic E-state index is 10.9. The molecule has 2 unspecified atom stereocenters. The van der Waals surface area contributed by atoms with E-state index < -0.39 is 0 Å². The van der Waals surface area contributed by atoms with Gasteiger partial charge in [-0.05, 0) is 23.8 Å². The normalized spacial score (nSPS) is 29.2. The van der Waals surface area contributed by atoms with Gasteiger partial charge in [-0.1, -0.05) is 25.2 Å². The molecule has 2 rings (SSSR count). The van der Waals surface area contributed by atoms with Crippen LogP contribution >= 0.6 is 0 Å². The van der Waals surface area contributed by atoms with Crippen molar-refractivity contribution in [1.29, 1.82) is 0 Å². The summed E-state index contributed by atoms with van der Waals surface area (Å²) in [4.78, 5) is 10.9. The van der Waals surface area contributed by atoms with E-state index in [2.05, 4.69) is 18.2 Å². The Labute approximate surface area is 78.3 Å². The minimum absolute atomic E-state index is 0.118. The molecule has 0 aromatic heterocycles. The largest absolute Gasteiger partial charge is 0.461 e. The first-order valence-corrected chi connectivity index (χ1v) is 4.84. The summed E-state index contributed by atoms with van der Waals surface area (Å²) in [6.45, 7) is 2.26. The number of carbonyl (C=O) groups excluding carboxylic acids is 1. The average molecular weight is 178 g/mol. The van der Waals surface area contributed by atoms with Crippen LogP contribution in [0.4, 0.5) is 0 Å². The molecule has 0 aromatic rings. The lowest BCUT2D eigenvalue weighted by Crippen LogP contribution is -2.06. The van der Waals surface area contributed by atoms with E-state index in [9.17, 15) is 4.79 Å². The Hall–Kier alpha value is -1.05. The predicted octanol–water partition coefficient (Wildman–Crippen LogP) is 2.07. The van der Waals surface area contributed by atoms with Crippen molar-refractivity contribution >= 4 is 5.97 Å². The topological polar surface area (TPSA) is 26.3 Å². The van der Waals surface area contributed by atoms with Crippen molar-refractivity contribution in [2.45, 2.75) is 19.8 Å². The third kappa shape index (κ3) is 2.00. The molecule has 0 bridgehead atoms. The van der Waals surface area contributed by atoms with Gasteiger partial charge in [0.05, 0.1) is 0 Å². The van der Waals surface area contributed by atoms with Crippen LogP contribution < -0.4 is 0 Å². The molecule has 1 saturated carbocycles. The van der Waals surface area contributed by atoms with Gasteiger partial charge >= 0.3 is 5.97 Å². The summed E-state index contributed by atoms with van der Waals surface area (Å²) in [7, 11) is 0. The first-order valence-electron chi connectivity index (χ1n) is 4.84. The van der Waals surface area contributed by atoms with E-state index in [-0.39, 0.29) is 5.97 Å². The van der Waals surface area contributed by atoms with E-state index in [1.54, 1.807) is 0 Å². The number of fused-ring (bicyclic) bond motifs is 1. The van der Waals surface area contributed by atoms with E-state index in [1.807, 2.05) is 6.92 Å². The number of hydrogen-bond donors (Lipinski definition) is 0. The van der Waals surface area contributed by atoms with E-state index in [0.29, 0.717) is 13.0 Å². The number of carbonyl (C=O) groups is 1. The average Bonchev–Trinajstić information content (AvgIpc) is 2.91. The van der Waals surface area contributed by atoms with E-state index in [0.717, 1.165) is 17.4 Å². The van der Waals surface area contributed by atoms with Gasteiger partial charge in [0.1, 0.15) is 6.61 Å². The quantitative estimate of drug-likeness (QED) is 0.618. The molecular formula is C11H14O2. The fourth-order valence-electron chi connectivity index (χ4n) is 1.59. The van der Waals surface area contributed by atoms with Crippen LogP contribution in [0.1, 0.15) is 19.8 Å². The Kier molecular flexibility index (Phi) is 2.21. The SMILES string of the molecule is CCC(=O)OCC1=CC2CC2C=C1. The Morgan fingerprint density at radius 2 is 2.46 bits per heavy atom. The van der Waals surface area contributed by atoms with Crippen molar-refractivity contribution in [2.24, 2.45) is 11.8 Å². The summed E-state index contributed by atoms with van der Waals surface area (Å²) in [6, 6.07) is 0. The third-order valence-electron chi connectivity index (χ3n) is 2.57. The fraction of sp³-hybridized carbons (Fsp3) is 0.545. The second-order valence-corrected chi connectivity index (χ2v) is 3.68. The molecule has 2 atom stereocenters. The monoisotopic (exact) mass is 178 g/mol. The maximum absolute atomic E-state index is 10.9. The van der Waals surface area contributed by atoms with Crippen LogP contribution in [0.15, 0.2) is 23.8 Å². The molecule has 0 N–H and O–H groups in total. The van der Waals surface area contributed by atoms with Crippen molar-refractivity contribution in [2.75, 3.05) is 6.61 Å². The summed E-state index contributed by atoms with van der Waals surface area (Å²) >= 11 is 0. The van der Waals surface area contributed by atoms with E-state index in [1.165, 1.54) is 6.42 Å². The molecule has 2 nitrogen and oxygen atoms in total. The summed E-state index contributed by atoms with van der Waals surface area (Å²) in [5.41, 5.74) is 1.15. The molecule has 2 aliphatic carbocycles. The van der Waals surface area contributed by atoms with Crippen molar-refractivity contribution in [3.8, 4) is 0 Å². The minimum Gasteiger partial charge on any atom is -0.461 e. The molecule has 0 aromatic carbocycles. The molecule has 13 heavy (non-hydrogen) atoms. The second kappa shape index (κ2) is 3.36. The molecule has 0 spiro atoms. The van der Waals surface area contributed by atoms with E-state index in [4.69, 9.17) is 4.74 Å². The van der Waals surface area contributed by atoms with Gasteiger partial charge in [0.25, 0.3) is 0 Å². The van der Waals surface area contributed by atoms with Crippen molar-refractivity contribution in [3.05, 3.63) is 23.8 Å². The van der Waals surface area contributed by atoms with Crippen LogP contribution in [0.2, 0.25) is 0 Å². The zero-order valence-electron chi connectivity index (χ0n) is 7.82. The van der Waals surface area contributed by atoms with Gasteiger partial charge in [0.2, 0.25) is 0 Å². The summed E-state index contributed by atoms with van der Waals surface area (Å²) in [5, 5.41) is 0. The lowest BCUT2D eigenvalue weighted by Gasteiger charge is -2.06. The highest BCUT2D eigenvalue weighted by molar-refractivity contribution is 5.69. The molecule has 2 aliphatic rings. The molecule has 70 valence electrons. The molecule has 2 heteroatoms. The smallest absolute Gasteiger partial charge is 0.305 e. The Morgan fingerprint density at radius 1 is 1.62 bits per heavy atom. The van der Waals surface area contributed by atoms with Crippen LogP contribution in [0.3, 0.4) is 0 Å². The number of allylic oxidation sites excluding steroid dienone is 2. The Balaban J connectivity index is 1.82. The highest BCUT2D eigenvalue weighted by atomic mass is 16.5.